The Morgan fingerprint density at radius 2 is 1.57 bits per heavy atom. The van der Waals surface area contributed by atoms with Crippen LogP contribution in [-0.2, 0) is 24.4 Å². The smallest absolute Gasteiger partial charge is 0.244 e. The number of halogens is 1. The minimum absolute atomic E-state index is 0.210. The summed E-state index contributed by atoms with van der Waals surface area (Å²) in [5.41, 5.74) is 6.12. The molecule has 0 unspecified atom stereocenters. The second kappa shape index (κ2) is 14.9. The van der Waals surface area contributed by atoms with Crippen molar-refractivity contribution in [2.45, 2.75) is 26.6 Å². The minimum atomic E-state index is -0.222. The molecule has 0 aliphatic heterocycles. The molecule has 0 heterocycles. The van der Waals surface area contributed by atoms with Crippen molar-refractivity contribution in [3.63, 3.8) is 0 Å². The van der Waals surface area contributed by atoms with Gasteiger partial charge in [0.2, 0.25) is 5.91 Å². The van der Waals surface area contributed by atoms with E-state index in [0.717, 1.165) is 27.5 Å². The maximum Gasteiger partial charge on any atom is 0.244 e. The van der Waals surface area contributed by atoms with E-state index in [2.05, 4.69) is 10.5 Å². The van der Waals surface area contributed by atoms with Crippen molar-refractivity contribution in [1.29, 1.82) is 0 Å². The van der Waals surface area contributed by atoms with Gasteiger partial charge >= 0.3 is 0 Å². The summed E-state index contributed by atoms with van der Waals surface area (Å²) >= 11 is 6.63. The summed E-state index contributed by atoms with van der Waals surface area (Å²) in [4.78, 5) is 12.6. The molecule has 0 spiro atoms. The van der Waals surface area contributed by atoms with Crippen molar-refractivity contribution in [1.82, 2.24) is 5.43 Å². The maximum absolute atomic E-state index is 12.6. The second-order valence-corrected chi connectivity index (χ2v) is 10.3. The summed E-state index contributed by atoms with van der Waals surface area (Å²) in [6, 6.07) is 33.0. The van der Waals surface area contributed by atoms with Crippen molar-refractivity contribution in [2.75, 3.05) is 13.7 Å². The fourth-order valence-corrected chi connectivity index (χ4v) is 4.99. The Morgan fingerprint density at radius 3 is 2.39 bits per heavy atom. The summed E-state index contributed by atoms with van der Waals surface area (Å²) in [6.07, 6.45) is 1.74. The SMILES string of the molecule is CCOc1cc(/C=N/NC(=O)Cc2cccc3ccccc23)cc(Cl)c1OCc1ccc(OCc2ccccc2)c(OC)c1. The van der Waals surface area contributed by atoms with Gasteiger partial charge in [-0.15, -0.1) is 0 Å². The summed E-state index contributed by atoms with van der Waals surface area (Å²) in [5, 5.41) is 6.63. The van der Waals surface area contributed by atoms with Gasteiger partial charge in [-0.1, -0.05) is 90.5 Å². The van der Waals surface area contributed by atoms with Crippen molar-refractivity contribution in [3.8, 4) is 23.0 Å². The van der Waals surface area contributed by atoms with Crippen molar-refractivity contribution in [2.24, 2.45) is 5.10 Å². The molecule has 5 aromatic rings. The van der Waals surface area contributed by atoms with Crippen LogP contribution in [-0.4, -0.2) is 25.8 Å². The number of hydrazone groups is 1. The Labute approximate surface area is 262 Å². The molecule has 0 bridgehead atoms. The molecule has 0 aromatic heterocycles. The lowest BCUT2D eigenvalue weighted by atomic mass is 10.0. The van der Waals surface area contributed by atoms with Crippen LogP contribution in [0.15, 0.2) is 108 Å². The molecule has 1 N–H and O–H groups in total. The van der Waals surface area contributed by atoms with E-state index in [0.29, 0.717) is 46.8 Å². The summed E-state index contributed by atoms with van der Waals surface area (Å²) in [5.74, 6) is 1.90. The largest absolute Gasteiger partial charge is 0.493 e. The van der Waals surface area contributed by atoms with Crippen LogP contribution in [0.3, 0.4) is 0 Å². The lowest BCUT2D eigenvalue weighted by Gasteiger charge is -2.16. The highest BCUT2D eigenvalue weighted by atomic mass is 35.5. The monoisotopic (exact) mass is 608 g/mol. The van der Waals surface area contributed by atoms with Crippen LogP contribution in [0.1, 0.15) is 29.2 Å². The summed E-state index contributed by atoms with van der Waals surface area (Å²) in [7, 11) is 1.60. The van der Waals surface area contributed by atoms with E-state index in [1.807, 2.05) is 97.9 Å². The average molecular weight is 609 g/mol. The highest BCUT2D eigenvalue weighted by molar-refractivity contribution is 6.32. The van der Waals surface area contributed by atoms with E-state index in [4.69, 9.17) is 30.5 Å². The van der Waals surface area contributed by atoms with Crippen LogP contribution in [0.5, 0.6) is 23.0 Å². The molecule has 0 saturated heterocycles. The number of hydrogen-bond donors (Lipinski definition) is 1. The zero-order chi connectivity index (χ0) is 30.7. The van der Waals surface area contributed by atoms with E-state index >= 15 is 0 Å². The molecule has 0 saturated carbocycles. The Morgan fingerprint density at radius 1 is 0.795 bits per heavy atom. The topological polar surface area (TPSA) is 78.4 Å². The first-order valence-corrected chi connectivity index (χ1v) is 14.6. The Kier molecular flexibility index (Phi) is 10.3. The van der Waals surface area contributed by atoms with Gasteiger partial charge in [-0.25, -0.2) is 5.43 Å². The summed E-state index contributed by atoms with van der Waals surface area (Å²) < 4.78 is 23.5. The van der Waals surface area contributed by atoms with Crippen LogP contribution >= 0.6 is 11.6 Å². The lowest BCUT2D eigenvalue weighted by molar-refractivity contribution is -0.120. The molecule has 0 fully saturated rings. The number of methoxy groups -OCH3 is 1. The van der Waals surface area contributed by atoms with Gasteiger partial charge in [-0.3, -0.25) is 4.79 Å². The quantitative estimate of drug-likeness (QED) is 0.109. The van der Waals surface area contributed by atoms with Gasteiger partial charge in [-0.05, 0) is 64.2 Å². The molecular weight excluding hydrogens is 576 g/mol. The number of nitrogens with one attached hydrogen (secondary N) is 1. The maximum atomic E-state index is 12.6. The van der Waals surface area contributed by atoms with E-state index in [-0.39, 0.29) is 18.9 Å². The van der Waals surface area contributed by atoms with Crippen LogP contribution in [0, 0.1) is 0 Å². The molecule has 0 aliphatic rings. The van der Waals surface area contributed by atoms with Crippen molar-refractivity contribution < 1.29 is 23.7 Å². The minimum Gasteiger partial charge on any atom is -0.493 e. The molecule has 0 radical (unpaired) electrons. The third kappa shape index (κ3) is 7.88. The van der Waals surface area contributed by atoms with Gasteiger partial charge in [-0.2, -0.15) is 5.10 Å². The van der Waals surface area contributed by atoms with Crippen molar-refractivity contribution >= 4 is 34.5 Å². The van der Waals surface area contributed by atoms with Crippen LogP contribution < -0.4 is 24.4 Å². The van der Waals surface area contributed by atoms with Gasteiger partial charge in [0, 0.05) is 0 Å². The highest BCUT2D eigenvalue weighted by Gasteiger charge is 2.14. The molecule has 0 atom stereocenters. The number of nitrogens with zero attached hydrogens (tertiary/aromatic N) is 1. The Bertz CT molecular complexity index is 1750. The van der Waals surface area contributed by atoms with E-state index < -0.39 is 0 Å². The molecule has 5 aromatic carbocycles. The highest BCUT2D eigenvalue weighted by Crippen LogP contribution is 2.37. The fourth-order valence-electron chi connectivity index (χ4n) is 4.72. The van der Waals surface area contributed by atoms with Crippen LogP contribution in [0.4, 0.5) is 0 Å². The molecule has 0 aliphatic carbocycles. The van der Waals surface area contributed by atoms with Crippen LogP contribution in [0.25, 0.3) is 10.8 Å². The summed E-state index contributed by atoms with van der Waals surface area (Å²) in [6.45, 7) is 2.96. The van der Waals surface area contributed by atoms with Crippen molar-refractivity contribution in [3.05, 3.63) is 130 Å². The fraction of sp³-hybridized carbons (Fsp3) is 0.167. The third-order valence-electron chi connectivity index (χ3n) is 6.81. The number of benzene rings is 5. The first-order valence-electron chi connectivity index (χ1n) is 14.3. The predicted molar refractivity (Wildman–Crippen MR) is 174 cm³/mol. The standard InChI is InChI=1S/C36H33ClN2O5/c1-3-42-34-20-27(22-38-39-35(40)21-29-14-9-13-28-12-7-8-15-30(28)29)18-31(37)36(34)44-24-26-16-17-32(33(19-26)41-2)43-23-25-10-5-4-6-11-25/h4-20,22H,3,21,23-24H2,1-2H3,(H,39,40)/b38-22+. The first kappa shape index (κ1) is 30.4. The van der Waals surface area contributed by atoms with Gasteiger partial charge in [0.25, 0.3) is 0 Å². The predicted octanol–water partition coefficient (Wildman–Crippen LogP) is 7.75. The zero-order valence-electron chi connectivity index (χ0n) is 24.6. The number of carbonyl (C=O) groups is 1. The second-order valence-electron chi connectivity index (χ2n) is 9.92. The number of carbonyl (C=O) groups excluding carboxylic acids is 1. The molecule has 224 valence electrons. The first-order chi connectivity index (χ1) is 21.5. The number of fused-ring (bicyclic) bond motifs is 1. The van der Waals surface area contributed by atoms with Gasteiger partial charge < -0.3 is 18.9 Å². The molecule has 5 rings (SSSR count). The number of hydrogen-bond acceptors (Lipinski definition) is 6. The van der Waals surface area contributed by atoms with E-state index in [1.165, 1.54) is 6.21 Å². The van der Waals surface area contributed by atoms with Gasteiger partial charge in [0.1, 0.15) is 13.2 Å². The average Bonchev–Trinajstić information content (AvgIpc) is 3.04. The van der Waals surface area contributed by atoms with Crippen LogP contribution in [0.2, 0.25) is 5.02 Å². The molecule has 44 heavy (non-hydrogen) atoms. The zero-order valence-corrected chi connectivity index (χ0v) is 25.3. The third-order valence-corrected chi connectivity index (χ3v) is 7.09. The Hall–Kier alpha value is -5.01. The van der Waals surface area contributed by atoms with E-state index in [1.54, 1.807) is 19.2 Å². The number of ether oxygens (including phenoxy) is 4. The van der Waals surface area contributed by atoms with E-state index in [9.17, 15) is 4.79 Å². The molecule has 1 amide bonds. The van der Waals surface area contributed by atoms with Gasteiger partial charge in [0.05, 0.1) is 31.4 Å². The van der Waals surface area contributed by atoms with Gasteiger partial charge in [0.15, 0.2) is 23.0 Å². The Balaban J connectivity index is 1.22. The lowest BCUT2D eigenvalue weighted by Crippen LogP contribution is -2.19. The number of rotatable bonds is 13. The molecular formula is C36H33ClN2O5. The number of amides is 1. The molecule has 7 nitrogen and oxygen atoms in total. The normalized spacial score (nSPS) is 11.0. The molecule has 8 heteroatoms.